The lowest BCUT2D eigenvalue weighted by Gasteiger charge is -1.99. The van der Waals surface area contributed by atoms with Crippen LogP contribution in [0.2, 0.25) is 0 Å². The molecule has 1 aromatic heterocycles. The minimum Gasteiger partial charge on any atom is -0.205 e. The first-order chi connectivity index (χ1) is 6.24. The maximum atomic E-state index is 13.6. The predicted octanol–water partition coefficient (Wildman–Crippen LogP) is 4.22. The third-order valence-electron chi connectivity index (χ3n) is 1.89. The van der Waals surface area contributed by atoms with Crippen LogP contribution in [0.15, 0.2) is 22.4 Å². The molecular formula is C9H6BrFS2. The Labute approximate surface area is 93.3 Å². The van der Waals surface area contributed by atoms with Gasteiger partial charge in [0.1, 0.15) is 5.82 Å². The highest BCUT2D eigenvalue weighted by Gasteiger charge is 2.09. The summed E-state index contributed by atoms with van der Waals surface area (Å²) >= 11 is 8.89. The van der Waals surface area contributed by atoms with Crippen molar-refractivity contribution in [1.29, 1.82) is 0 Å². The van der Waals surface area contributed by atoms with Gasteiger partial charge in [0.15, 0.2) is 0 Å². The van der Waals surface area contributed by atoms with Crippen molar-refractivity contribution in [2.45, 2.75) is 10.2 Å². The molecule has 2 rings (SSSR count). The zero-order chi connectivity index (χ0) is 9.42. The van der Waals surface area contributed by atoms with Gasteiger partial charge in [-0.1, -0.05) is 28.1 Å². The maximum Gasteiger partial charge on any atom is 0.145 e. The Morgan fingerprint density at radius 1 is 1.46 bits per heavy atom. The van der Waals surface area contributed by atoms with Crippen LogP contribution in [0.3, 0.4) is 0 Å². The smallest absolute Gasteiger partial charge is 0.145 e. The van der Waals surface area contributed by atoms with Crippen molar-refractivity contribution >= 4 is 50.0 Å². The molecule has 0 fully saturated rings. The molecule has 0 aliphatic rings. The Morgan fingerprint density at radius 3 is 2.92 bits per heavy atom. The molecule has 0 amide bonds. The van der Waals surface area contributed by atoms with Gasteiger partial charge in [0.25, 0.3) is 0 Å². The summed E-state index contributed by atoms with van der Waals surface area (Å²) in [6, 6.07) is 3.70. The highest BCUT2D eigenvalue weighted by atomic mass is 79.9. The largest absolute Gasteiger partial charge is 0.205 e. The number of hydrogen-bond acceptors (Lipinski definition) is 2. The molecule has 13 heavy (non-hydrogen) atoms. The van der Waals surface area contributed by atoms with Gasteiger partial charge in [-0.05, 0) is 5.56 Å². The average Bonchev–Trinajstić information content (AvgIpc) is 2.50. The van der Waals surface area contributed by atoms with Crippen LogP contribution < -0.4 is 0 Å². The van der Waals surface area contributed by atoms with E-state index >= 15 is 0 Å². The van der Waals surface area contributed by atoms with Crippen molar-refractivity contribution < 1.29 is 4.39 Å². The highest BCUT2D eigenvalue weighted by molar-refractivity contribution is 9.08. The number of alkyl halides is 1. The minimum atomic E-state index is -0.125. The Morgan fingerprint density at radius 2 is 2.23 bits per heavy atom. The second kappa shape index (κ2) is 3.59. The Kier molecular flexibility index (Phi) is 2.62. The number of thiol groups is 1. The van der Waals surface area contributed by atoms with E-state index in [1.165, 1.54) is 11.3 Å². The second-order valence-electron chi connectivity index (χ2n) is 2.67. The van der Waals surface area contributed by atoms with E-state index in [0.29, 0.717) is 15.6 Å². The first kappa shape index (κ1) is 9.49. The van der Waals surface area contributed by atoms with Crippen LogP contribution in [0.4, 0.5) is 4.39 Å². The van der Waals surface area contributed by atoms with Gasteiger partial charge in [0.2, 0.25) is 0 Å². The van der Waals surface area contributed by atoms with Crippen molar-refractivity contribution in [3.8, 4) is 0 Å². The first-order valence-corrected chi connectivity index (χ1v) is 6.12. The fourth-order valence-corrected chi connectivity index (χ4v) is 2.94. The Hall–Kier alpha value is -0.0600. The Balaban J connectivity index is 2.80. The summed E-state index contributed by atoms with van der Waals surface area (Å²) in [5, 5.41) is 3.30. The van der Waals surface area contributed by atoms with E-state index in [4.69, 9.17) is 0 Å². The van der Waals surface area contributed by atoms with Crippen molar-refractivity contribution in [2.75, 3.05) is 0 Å². The molecule has 0 aliphatic carbocycles. The summed E-state index contributed by atoms with van der Waals surface area (Å²) < 4.78 is 14.3. The number of rotatable bonds is 1. The highest BCUT2D eigenvalue weighted by Crippen LogP contribution is 2.32. The summed E-state index contributed by atoms with van der Waals surface area (Å²) in [7, 11) is 0. The van der Waals surface area contributed by atoms with Crippen LogP contribution in [0, 0.1) is 5.82 Å². The second-order valence-corrected chi connectivity index (χ2v) is 4.59. The van der Waals surface area contributed by atoms with Gasteiger partial charge in [0.05, 0.1) is 4.70 Å². The fourth-order valence-electron chi connectivity index (χ4n) is 1.20. The molecule has 0 N–H and O–H groups in total. The quantitative estimate of drug-likeness (QED) is 0.585. The van der Waals surface area contributed by atoms with E-state index in [0.717, 1.165) is 10.3 Å². The Bertz CT molecular complexity index is 450. The minimum absolute atomic E-state index is 0.125. The van der Waals surface area contributed by atoms with Gasteiger partial charge in [-0.3, -0.25) is 0 Å². The van der Waals surface area contributed by atoms with E-state index in [2.05, 4.69) is 28.6 Å². The third kappa shape index (κ3) is 1.51. The molecular weight excluding hydrogens is 271 g/mol. The molecule has 1 heterocycles. The standard InChI is InChI=1S/C9H6BrFS2/c10-3-5-1-2-6-7(12)4-13-9(6)8(5)11/h1-2,4,12H,3H2. The van der Waals surface area contributed by atoms with Gasteiger partial charge in [0, 0.05) is 21.0 Å². The average molecular weight is 277 g/mol. The summed E-state index contributed by atoms with van der Waals surface area (Å²) in [5.74, 6) is -0.125. The van der Waals surface area contributed by atoms with Crippen molar-refractivity contribution in [3.63, 3.8) is 0 Å². The SMILES string of the molecule is Fc1c(CBr)ccc2c(S)csc12. The van der Waals surface area contributed by atoms with E-state index in [-0.39, 0.29) is 5.82 Å². The van der Waals surface area contributed by atoms with Crippen LogP contribution in [0.1, 0.15) is 5.56 Å². The molecule has 0 atom stereocenters. The number of halogens is 2. The summed E-state index contributed by atoms with van der Waals surface area (Å²) in [4.78, 5) is 0.847. The predicted molar refractivity (Wildman–Crippen MR) is 61.7 cm³/mol. The first-order valence-electron chi connectivity index (χ1n) is 3.67. The van der Waals surface area contributed by atoms with E-state index < -0.39 is 0 Å². The fraction of sp³-hybridized carbons (Fsp3) is 0.111. The normalized spacial score (nSPS) is 11.0. The van der Waals surface area contributed by atoms with Crippen LogP contribution in [-0.2, 0) is 5.33 Å². The van der Waals surface area contributed by atoms with Gasteiger partial charge in [-0.2, -0.15) is 0 Å². The van der Waals surface area contributed by atoms with Crippen LogP contribution in [-0.4, -0.2) is 0 Å². The molecule has 0 spiro atoms. The molecule has 1 aromatic carbocycles. The number of benzene rings is 1. The molecule has 0 unspecified atom stereocenters. The van der Waals surface area contributed by atoms with Crippen molar-refractivity contribution in [1.82, 2.24) is 0 Å². The lowest BCUT2D eigenvalue weighted by Crippen LogP contribution is -1.84. The van der Waals surface area contributed by atoms with Crippen LogP contribution in [0.25, 0.3) is 10.1 Å². The summed E-state index contributed by atoms with van der Waals surface area (Å²) in [6.45, 7) is 0. The summed E-state index contributed by atoms with van der Waals surface area (Å²) in [6.07, 6.45) is 0. The molecule has 0 saturated heterocycles. The number of thiophene rings is 1. The van der Waals surface area contributed by atoms with Gasteiger partial charge >= 0.3 is 0 Å². The molecule has 4 heteroatoms. The zero-order valence-corrected chi connectivity index (χ0v) is 9.85. The molecule has 0 radical (unpaired) electrons. The van der Waals surface area contributed by atoms with E-state index in [9.17, 15) is 4.39 Å². The summed E-state index contributed by atoms with van der Waals surface area (Å²) in [5.41, 5.74) is 0.697. The molecule has 0 aliphatic heterocycles. The van der Waals surface area contributed by atoms with Crippen LogP contribution >= 0.6 is 39.9 Å². The number of fused-ring (bicyclic) bond motifs is 1. The number of hydrogen-bond donors (Lipinski definition) is 1. The van der Waals surface area contributed by atoms with Gasteiger partial charge in [-0.15, -0.1) is 24.0 Å². The molecule has 68 valence electrons. The molecule has 0 saturated carbocycles. The molecule has 0 bridgehead atoms. The van der Waals surface area contributed by atoms with Gasteiger partial charge in [-0.25, -0.2) is 4.39 Å². The van der Waals surface area contributed by atoms with Gasteiger partial charge < -0.3 is 0 Å². The van der Waals surface area contributed by atoms with E-state index in [1.807, 2.05) is 11.4 Å². The molecule has 2 aromatic rings. The maximum absolute atomic E-state index is 13.6. The van der Waals surface area contributed by atoms with Crippen molar-refractivity contribution in [2.24, 2.45) is 0 Å². The topological polar surface area (TPSA) is 0 Å². The van der Waals surface area contributed by atoms with E-state index in [1.54, 1.807) is 6.07 Å². The lowest BCUT2D eigenvalue weighted by molar-refractivity contribution is 0.631. The molecule has 0 nitrogen and oxygen atoms in total. The zero-order valence-electron chi connectivity index (χ0n) is 6.55. The van der Waals surface area contributed by atoms with Crippen molar-refractivity contribution in [3.05, 3.63) is 28.9 Å². The van der Waals surface area contributed by atoms with Crippen LogP contribution in [0.5, 0.6) is 0 Å². The lowest BCUT2D eigenvalue weighted by atomic mass is 10.2. The monoisotopic (exact) mass is 276 g/mol. The third-order valence-corrected chi connectivity index (χ3v) is 4.02.